The predicted octanol–water partition coefficient (Wildman–Crippen LogP) is 3.36. The van der Waals surface area contributed by atoms with E-state index in [1.807, 2.05) is 0 Å². The Balaban J connectivity index is 1.94. The Hall–Kier alpha value is -1.13. The van der Waals surface area contributed by atoms with E-state index in [1.165, 1.54) is 38.2 Å². The lowest BCUT2D eigenvalue weighted by Crippen LogP contribution is -2.47. The number of nitrogens with one attached hydrogen (secondary N) is 1. The zero-order valence-electron chi connectivity index (χ0n) is 13.5. The maximum absolute atomic E-state index is 13.9. The first-order chi connectivity index (χ1) is 10.8. The Kier molecular flexibility index (Phi) is 5.32. The average molecular weight is 306 g/mol. The molecule has 0 bridgehead atoms. The van der Waals surface area contributed by atoms with Crippen molar-refractivity contribution in [2.24, 2.45) is 5.92 Å². The number of halogens is 1. The highest BCUT2D eigenvalue weighted by molar-refractivity contribution is 5.37. The van der Waals surface area contributed by atoms with Crippen LogP contribution in [0.15, 0.2) is 18.2 Å². The molecule has 0 spiro atoms. The van der Waals surface area contributed by atoms with Crippen LogP contribution in [-0.2, 0) is 0 Å². The number of benzene rings is 1. The molecule has 3 nitrogen and oxygen atoms in total. The molecular formula is C18H27FN2O. The lowest BCUT2D eigenvalue weighted by molar-refractivity contribution is 0.101. The Morgan fingerprint density at radius 1 is 1.18 bits per heavy atom. The molecule has 1 saturated carbocycles. The molecule has 0 unspecified atom stereocenters. The summed E-state index contributed by atoms with van der Waals surface area (Å²) in [4.78, 5) is 2.53. The second-order valence-electron chi connectivity index (χ2n) is 6.52. The molecule has 122 valence electrons. The third kappa shape index (κ3) is 3.44. The molecule has 1 aromatic rings. The van der Waals surface area contributed by atoms with Gasteiger partial charge in [0.25, 0.3) is 0 Å². The van der Waals surface area contributed by atoms with Crippen molar-refractivity contribution in [3.05, 3.63) is 29.6 Å². The molecular weight excluding hydrogens is 279 g/mol. The normalized spacial score (nSPS) is 22.5. The molecule has 1 heterocycles. The van der Waals surface area contributed by atoms with Crippen molar-refractivity contribution < 1.29 is 9.13 Å². The van der Waals surface area contributed by atoms with E-state index in [0.29, 0.717) is 5.92 Å². The van der Waals surface area contributed by atoms with Gasteiger partial charge >= 0.3 is 0 Å². The number of nitrogens with zero attached hydrogens (tertiary/aromatic N) is 1. The lowest BCUT2D eigenvalue weighted by Gasteiger charge is -2.41. The monoisotopic (exact) mass is 306 g/mol. The van der Waals surface area contributed by atoms with Gasteiger partial charge in [-0.25, -0.2) is 4.39 Å². The van der Waals surface area contributed by atoms with Gasteiger partial charge in [-0.3, -0.25) is 4.90 Å². The summed E-state index contributed by atoms with van der Waals surface area (Å²) in [7, 11) is 1.69. The Morgan fingerprint density at radius 2 is 1.91 bits per heavy atom. The summed E-state index contributed by atoms with van der Waals surface area (Å²) in [6.45, 7) is 4.09. The largest absolute Gasteiger partial charge is 0.496 e. The highest BCUT2D eigenvalue weighted by atomic mass is 19.1. The molecule has 1 atom stereocenters. The molecule has 22 heavy (non-hydrogen) atoms. The molecule has 1 saturated heterocycles. The van der Waals surface area contributed by atoms with Crippen molar-refractivity contribution in [1.82, 2.24) is 10.2 Å². The number of hydrogen-bond acceptors (Lipinski definition) is 3. The molecule has 1 aliphatic carbocycles. The van der Waals surface area contributed by atoms with E-state index in [2.05, 4.69) is 10.2 Å². The summed E-state index contributed by atoms with van der Waals surface area (Å²) < 4.78 is 19.4. The van der Waals surface area contributed by atoms with Crippen LogP contribution in [0.3, 0.4) is 0 Å². The molecule has 1 aliphatic heterocycles. The number of hydrogen-bond donors (Lipinski definition) is 1. The van der Waals surface area contributed by atoms with Crippen LogP contribution in [0.25, 0.3) is 0 Å². The fourth-order valence-electron chi connectivity index (χ4n) is 4.10. The lowest BCUT2D eigenvalue weighted by atomic mass is 9.80. The molecule has 3 rings (SSSR count). The first-order valence-electron chi connectivity index (χ1n) is 8.58. The van der Waals surface area contributed by atoms with Crippen molar-refractivity contribution in [3.8, 4) is 5.75 Å². The van der Waals surface area contributed by atoms with E-state index in [0.717, 1.165) is 37.5 Å². The summed E-state index contributed by atoms with van der Waals surface area (Å²) in [6, 6.07) is 5.26. The van der Waals surface area contributed by atoms with E-state index in [4.69, 9.17) is 4.74 Å². The first kappa shape index (κ1) is 15.8. The van der Waals surface area contributed by atoms with Crippen LogP contribution in [0.1, 0.15) is 43.7 Å². The van der Waals surface area contributed by atoms with Crippen LogP contribution in [0.4, 0.5) is 4.39 Å². The van der Waals surface area contributed by atoms with Crippen LogP contribution in [0.2, 0.25) is 0 Å². The highest BCUT2D eigenvalue weighted by Crippen LogP contribution is 2.41. The maximum atomic E-state index is 13.9. The van der Waals surface area contributed by atoms with Crippen LogP contribution < -0.4 is 10.1 Å². The van der Waals surface area contributed by atoms with Crippen LogP contribution in [0.5, 0.6) is 5.75 Å². The van der Waals surface area contributed by atoms with Crippen molar-refractivity contribution >= 4 is 0 Å². The van der Waals surface area contributed by atoms with Crippen LogP contribution >= 0.6 is 0 Å². The number of piperazine rings is 1. The summed E-state index contributed by atoms with van der Waals surface area (Å²) in [6.07, 6.45) is 6.42. The topological polar surface area (TPSA) is 24.5 Å². The third-order valence-electron chi connectivity index (χ3n) is 5.15. The zero-order valence-corrected chi connectivity index (χ0v) is 13.5. The van der Waals surface area contributed by atoms with Gasteiger partial charge in [-0.1, -0.05) is 19.3 Å². The zero-order chi connectivity index (χ0) is 15.4. The van der Waals surface area contributed by atoms with Crippen molar-refractivity contribution in [3.63, 3.8) is 0 Å². The number of rotatable bonds is 4. The molecule has 2 fully saturated rings. The van der Waals surface area contributed by atoms with Gasteiger partial charge in [0.1, 0.15) is 11.6 Å². The Labute approximate surface area is 132 Å². The molecule has 2 aliphatic rings. The van der Waals surface area contributed by atoms with E-state index in [9.17, 15) is 4.39 Å². The summed E-state index contributed by atoms with van der Waals surface area (Å²) in [5.41, 5.74) is 1.04. The SMILES string of the molecule is COc1ccc(F)cc1[C@H](C1CCCCC1)N1CCNCC1. The fraction of sp³-hybridized carbons (Fsp3) is 0.667. The predicted molar refractivity (Wildman–Crippen MR) is 86.7 cm³/mol. The van der Waals surface area contributed by atoms with Crippen molar-refractivity contribution in [2.45, 2.75) is 38.1 Å². The molecule has 0 amide bonds. The van der Waals surface area contributed by atoms with Gasteiger partial charge in [-0.2, -0.15) is 0 Å². The molecule has 1 aromatic carbocycles. The van der Waals surface area contributed by atoms with Gasteiger partial charge in [-0.05, 0) is 37.0 Å². The van der Waals surface area contributed by atoms with Gasteiger partial charge in [0.2, 0.25) is 0 Å². The van der Waals surface area contributed by atoms with Crippen LogP contribution in [-0.4, -0.2) is 38.2 Å². The average Bonchev–Trinajstić information content (AvgIpc) is 2.57. The van der Waals surface area contributed by atoms with E-state index < -0.39 is 0 Å². The van der Waals surface area contributed by atoms with E-state index >= 15 is 0 Å². The summed E-state index contributed by atoms with van der Waals surface area (Å²) in [5, 5.41) is 3.42. The standard InChI is InChI=1S/C18H27FN2O/c1-22-17-8-7-15(19)13-16(17)18(14-5-3-2-4-6-14)21-11-9-20-10-12-21/h7-8,13-14,18,20H,2-6,9-12H2,1H3/t18-/m0/s1. The number of methoxy groups -OCH3 is 1. The molecule has 0 radical (unpaired) electrons. The van der Waals surface area contributed by atoms with Crippen LogP contribution in [0, 0.1) is 11.7 Å². The van der Waals surface area contributed by atoms with Gasteiger partial charge in [0.05, 0.1) is 7.11 Å². The minimum absolute atomic E-state index is 0.160. The second kappa shape index (κ2) is 7.42. The van der Waals surface area contributed by atoms with Crippen molar-refractivity contribution in [2.75, 3.05) is 33.3 Å². The molecule has 1 N–H and O–H groups in total. The Morgan fingerprint density at radius 3 is 2.59 bits per heavy atom. The Bertz CT molecular complexity index is 464. The minimum atomic E-state index is -0.160. The van der Waals surface area contributed by atoms with E-state index in [1.54, 1.807) is 19.2 Å². The van der Waals surface area contributed by atoms with E-state index in [-0.39, 0.29) is 11.9 Å². The summed E-state index contributed by atoms with van der Waals surface area (Å²) in [5.74, 6) is 1.28. The van der Waals surface area contributed by atoms with Gasteiger partial charge in [0, 0.05) is 37.8 Å². The quantitative estimate of drug-likeness (QED) is 0.923. The first-order valence-corrected chi connectivity index (χ1v) is 8.58. The minimum Gasteiger partial charge on any atom is -0.496 e. The van der Waals surface area contributed by atoms with Gasteiger partial charge < -0.3 is 10.1 Å². The molecule has 0 aromatic heterocycles. The number of ether oxygens (including phenoxy) is 1. The maximum Gasteiger partial charge on any atom is 0.123 e. The van der Waals surface area contributed by atoms with Gasteiger partial charge in [-0.15, -0.1) is 0 Å². The fourth-order valence-corrected chi connectivity index (χ4v) is 4.10. The third-order valence-corrected chi connectivity index (χ3v) is 5.15. The van der Waals surface area contributed by atoms with Gasteiger partial charge in [0.15, 0.2) is 0 Å². The smallest absolute Gasteiger partial charge is 0.123 e. The highest BCUT2D eigenvalue weighted by Gasteiger charge is 2.33. The van der Waals surface area contributed by atoms with Crippen molar-refractivity contribution in [1.29, 1.82) is 0 Å². The summed E-state index contributed by atoms with van der Waals surface area (Å²) >= 11 is 0. The second-order valence-corrected chi connectivity index (χ2v) is 6.52. The molecule has 4 heteroatoms.